The van der Waals surface area contributed by atoms with E-state index in [4.69, 9.17) is 0 Å². The third-order valence-electron chi connectivity index (χ3n) is 2.56. The summed E-state index contributed by atoms with van der Waals surface area (Å²) in [7, 11) is -4.34. The van der Waals surface area contributed by atoms with Gasteiger partial charge in [0.2, 0.25) is 0 Å². The SMILES string of the molecule is C[C@H]1CNN(c2ccc(S(=O)(=O)[O-])cc2)C1. The molecule has 6 heteroatoms. The first kappa shape index (κ1) is 11.4. The van der Waals surface area contributed by atoms with Gasteiger partial charge < -0.3 is 9.56 Å². The molecule has 0 bridgehead atoms. The Balaban J connectivity index is 2.20. The fourth-order valence-electron chi connectivity index (χ4n) is 1.70. The number of hydrogen-bond acceptors (Lipinski definition) is 5. The van der Waals surface area contributed by atoms with E-state index in [1.807, 2.05) is 5.01 Å². The van der Waals surface area contributed by atoms with Crippen LogP contribution in [0.5, 0.6) is 0 Å². The Kier molecular flexibility index (Phi) is 2.88. The molecule has 0 spiro atoms. The van der Waals surface area contributed by atoms with Crippen molar-refractivity contribution in [3.8, 4) is 0 Å². The lowest BCUT2D eigenvalue weighted by Crippen LogP contribution is -2.30. The Hall–Kier alpha value is -1.11. The van der Waals surface area contributed by atoms with Crippen LogP contribution >= 0.6 is 0 Å². The number of hydrogen-bond donors (Lipinski definition) is 1. The molecule has 0 aromatic heterocycles. The van der Waals surface area contributed by atoms with Crippen molar-refractivity contribution in [1.82, 2.24) is 5.43 Å². The fourth-order valence-corrected chi connectivity index (χ4v) is 2.17. The lowest BCUT2D eigenvalue weighted by molar-refractivity contribution is 0.463. The van der Waals surface area contributed by atoms with E-state index in [-0.39, 0.29) is 4.90 Å². The number of nitrogens with zero attached hydrogens (tertiary/aromatic N) is 1. The summed E-state index contributed by atoms with van der Waals surface area (Å²) >= 11 is 0. The summed E-state index contributed by atoms with van der Waals surface area (Å²) in [6.07, 6.45) is 0. The van der Waals surface area contributed by atoms with Crippen LogP contribution < -0.4 is 10.4 Å². The number of anilines is 1. The van der Waals surface area contributed by atoms with Crippen molar-refractivity contribution in [3.05, 3.63) is 24.3 Å². The van der Waals surface area contributed by atoms with Crippen LogP contribution in [0.3, 0.4) is 0 Å². The topological polar surface area (TPSA) is 72.5 Å². The van der Waals surface area contributed by atoms with Crippen LogP contribution in [0.2, 0.25) is 0 Å². The standard InChI is InChI=1S/C10H14N2O3S/c1-8-6-11-12(7-8)9-2-4-10(5-3-9)16(13,14)15/h2-5,8,11H,6-7H2,1H3,(H,13,14,15)/p-1/t8-/m0/s1. The van der Waals surface area contributed by atoms with Crippen LogP contribution in [-0.4, -0.2) is 26.1 Å². The molecule has 2 rings (SSSR count). The Morgan fingerprint density at radius 2 is 2.00 bits per heavy atom. The van der Waals surface area contributed by atoms with Gasteiger partial charge in [0.1, 0.15) is 10.1 Å². The van der Waals surface area contributed by atoms with Gasteiger partial charge in [-0.3, -0.25) is 0 Å². The molecule has 0 unspecified atom stereocenters. The third-order valence-corrected chi connectivity index (χ3v) is 3.41. The molecule has 1 heterocycles. The van der Waals surface area contributed by atoms with E-state index in [1.54, 1.807) is 12.1 Å². The molecule has 5 nitrogen and oxygen atoms in total. The van der Waals surface area contributed by atoms with E-state index in [2.05, 4.69) is 12.3 Å². The van der Waals surface area contributed by atoms with Crippen molar-refractivity contribution < 1.29 is 13.0 Å². The number of rotatable bonds is 2. The van der Waals surface area contributed by atoms with Crippen molar-refractivity contribution in [2.45, 2.75) is 11.8 Å². The average Bonchev–Trinajstić information content (AvgIpc) is 2.64. The minimum Gasteiger partial charge on any atom is -0.744 e. The molecule has 1 fully saturated rings. The van der Waals surface area contributed by atoms with Crippen molar-refractivity contribution in [3.63, 3.8) is 0 Å². The van der Waals surface area contributed by atoms with Gasteiger partial charge in [-0.25, -0.2) is 13.8 Å². The van der Waals surface area contributed by atoms with Crippen molar-refractivity contribution in [2.24, 2.45) is 5.92 Å². The second-order valence-electron chi connectivity index (χ2n) is 4.03. The van der Waals surface area contributed by atoms with Crippen molar-refractivity contribution in [1.29, 1.82) is 0 Å². The smallest absolute Gasteiger partial charge is 0.124 e. The maximum absolute atomic E-state index is 10.7. The highest BCUT2D eigenvalue weighted by atomic mass is 32.2. The largest absolute Gasteiger partial charge is 0.744 e. The van der Waals surface area contributed by atoms with Crippen LogP contribution in [0.4, 0.5) is 5.69 Å². The maximum atomic E-state index is 10.7. The van der Waals surface area contributed by atoms with Gasteiger partial charge in [0.25, 0.3) is 0 Å². The molecule has 1 aliphatic heterocycles. The molecule has 0 aliphatic carbocycles. The highest BCUT2D eigenvalue weighted by Crippen LogP contribution is 2.19. The van der Waals surface area contributed by atoms with Crippen LogP contribution in [-0.2, 0) is 10.1 Å². The first-order valence-electron chi connectivity index (χ1n) is 5.04. The molecule has 88 valence electrons. The van der Waals surface area contributed by atoms with Gasteiger partial charge >= 0.3 is 0 Å². The van der Waals surface area contributed by atoms with Crippen LogP contribution in [0.25, 0.3) is 0 Å². The molecule has 1 N–H and O–H groups in total. The van der Waals surface area contributed by atoms with Gasteiger partial charge in [-0.15, -0.1) is 0 Å². The zero-order valence-electron chi connectivity index (χ0n) is 8.88. The van der Waals surface area contributed by atoms with Crippen LogP contribution in [0, 0.1) is 5.92 Å². The summed E-state index contributed by atoms with van der Waals surface area (Å²) in [5.41, 5.74) is 4.06. The Labute approximate surface area is 94.8 Å². The second-order valence-corrected chi connectivity index (χ2v) is 5.41. The minimum absolute atomic E-state index is 0.191. The average molecular weight is 241 g/mol. The summed E-state index contributed by atoms with van der Waals surface area (Å²) in [5, 5.41) is 1.95. The molecular weight excluding hydrogens is 228 g/mol. The lowest BCUT2D eigenvalue weighted by Gasteiger charge is -2.18. The van der Waals surface area contributed by atoms with Gasteiger partial charge in [0.15, 0.2) is 0 Å². The maximum Gasteiger partial charge on any atom is 0.124 e. The van der Waals surface area contributed by atoms with Gasteiger partial charge in [-0.05, 0) is 30.2 Å². The van der Waals surface area contributed by atoms with E-state index in [9.17, 15) is 13.0 Å². The number of hydrazine groups is 1. The Bertz CT molecular complexity index is 469. The quantitative estimate of drug-likeness (QED) is 0.766. The highest BCUT2D eigenvalue weighted by Gasteiger charge is 2.18. The first-order valence-corrected chi connectivity index (χ1v) is 6.44. The highest BCUT2D eigenvalue weighted by molar-refractivity contribution is 7.85. The molecule has 0 radical (unpaired) electrons. The zero-order chi connectivity index (χ0) is 11.8. The molecule has 0 amide bonds. The van der Waals surface area contributed by atoms with E-state index in [0.717, 1.165) is 18.8 Å². The van der Waals surface area contributed by atoms with Crippen LogP contribution in [0.15, 0.2) is 29.2 Å². The monoisotopic (exact) mass is 241 g/mol. The lowest BCUT2D eigenvalue weighted by atomic mass is 10.2. The molecule has 1 aromatic carbocycles. The van der Waals surface area contributed by atoms with E-state index >= 15 is 0 Å². The molecule has 1 aliphatic rings. The summed E-state index contributed by atoms with van der Waals surface area (Å²) in [6.45, 7) is 3.91. The molecular formula is C10H13N2O3S-. The van der Waals surface area contributed by atoms with Crippen molar-refractivity contribution >= 4 is 15.8 Å². The second kappa shape index (κ2) is 4.04. The molecule has 0 saturated carbocycles. The summed E-state index contributed by atoms with van der Waals surface area (Å²) in [4.78, 5) is -0.191. The Morgan fingerprint density at radius 3 is 2.44 bits per heavy atom. The zero-order valence-corrected chi connectivity index (χ0v) is 9.70. The number of nitrogens with one attached hydrogen (secondary N) is 1. The molecule has 1 saturated heterocycles. The van der Waals surface area contributed by atoms with Gasteiger partial charge in [0, 0.05) is 13.1 Å². The molecule has 1 aromatic rings. The Morgan fingerprint density at radius 1 is 1.38 bits per heavy atom. The summed E-state index contributed by atoms with van der Waals surface area (Å²) < 4.78 is 32.2. The van der Waals surface area contributed by atoms with Gasteiger partial charge in [-0.2, -0.15) is 0 Å². The van der Waals surface area contributed by atoms with Gasteiger partial charge in [0.05, 0.1) is 10.6 Å². The summed E-state index contributed by atoms with van der Waals surface area (Å²) in [6, 6.07) is 5.94. The predicted octanol–water partition coefficient (Wildman–Crippen LogP) is 0.551. The van der Waals surface area contributed by atoms with Gasteiger partial charge in [-0.1, -0.05) is 6.92 Å². The minimum atomic E-state index is -4.34. The predicted molar refractivity (Wildman–Crippen MR) is 58.9 cm³/mol. The third kappa shape index (κ3) is 2.34. The van der Waals surface area contributed by atoms with E-state index < -0.39 is 10.1 Å². The first-order chi connectivity index (χ1) is 7.47. The normalized spacial score (nSPS) is 21.4. The summed E-state index contributed by atoms with van der Waals surface area (Å²) in [5.74, 6) is 0.558. The number of benzene rings is 1. The molecule has 1 atom stereocenters. The fraction of sp³-hybridized carbons (Fsp3) is 0.400. The van der Waals surface area contributed by atoms with Crippen molar-refractivity contribution in [2.75, 3.05) is 18.1 Å². The van der Waals surface area contributed by atoms with Crippen LogP contribution in [0.1, 0.15) is 6.92 Å². The van der Waals surface area contributed by atoms with E-state index in [0.29, 0.717) is 5.92 Å². The van der Waals surface area contributed by atoms with E-state index in [1.165, 1.54) is 12.1 Å². The molecule has 16 heavy (non-hydrogen) atoms.